The molecule has 0 amide bonds. The Morgan fingerprint density at radius 3 is 2.29 bits per heavy atom. The van der Waals surface area contributed by atoms with Crippen molar-refractivity contribution in [2.75, 3.05) is 6.54 Å². The first-order valence-electron chi connectivity index (χ1n) is 6.90. The molecule has 1 aromatic carbocycles. The Kier molecular flexibility index (Phi) is 5.92. The number of aliphatic carboxylic acids is 1. The van der Waals surface area contributed by atoms with Gasteiger partial charge in [0.2, 0.25) is 10.0 Å². The lowest BCUT2D eigenvalue weighted by atomic mass is 9.84. The van der Waals surface area contributed by atoms with Crippen LogP contribution in [0.2, 0.25) is 0 Å². The van der Waals surface area contributed by atoms with Crippen LogP contribution >= 0.6 is 0 Å². The third-order valence-corrected chi connectivity index (χ3v) is 4.92. The summed E-state index contributed by atoms with van der Waals surface area (Å²) in [4.78, 5) is 10.8. The largest absolute Gasteiger partial charge is 0.481 e. The van der Waals surface area contributed by atoms with Gasteiger partial charge in [-0.05, 0) is 37.3 Å². The van der Waals surface area contributed by atoms with Crippen molar-refractivity contribution in [3.63, 3.8) is 0 Å². The Bertz CT molecular complexity index is 576. The molecule has 0 aliphatic rings. The lowest BCUT2D eigenvalue weighted by molar-refractivity contribution is -0.137. The van der Waals surface area contributed by atoms with Crippen LogP contribution in [0.15, 0.2) is 29.2 Å². The monoisotopic (exact) mass is 313 g/mol. The molecule has 0 spiro atoms. The molecular formula is C15H23NO4S. The highest BCUT2D eigenvalue weighted by Gasteiger charge is 2.20. The van der Waals surface area contributed by atoms with Crippen molar-refractivity contribution < 1.29 is 18.3 Å². The molecule has 0 bridgehead atoms. The van der Waals surface area contributed by atoms with Crippen LogP contribution < -0.4 is 4.72 Å². The molecule has 0 aliphatic carbocycles. The molecule has 21 heavy (non-hydrogen) atoms. The van der Waals surface area contributed by atoms with E-state index in [-0.39, 0.29) is 16.7 Å². The normalized spacial score (nSPS) is 12.3. The number of carboxylic acid groups (broad SMARTS) is 1. The van der Waals surface area contributed by atoms with Gasteiger partial charge in [0.15, 0.2) is 0 Å². The number of sulfonamides is 1. The topological polar surface area (TPSA) is 83.5 Å². The summed E-state index contributed by atoms with van der Waals surface area (Å²) >= 11 is 0. The number of carbonyl (C=O) groups is 1. The smallest absolute Gasteiger partial charge is 0.303 e. The van der Waals surface area contributed by atoms with Gasteiger partial charge in [-0.25, -0.2) is 13.1 Å². The van der Waals surface area contributed by atoms with Crippen molar-refractivity contribution in [2.24, 2.45) is 5.41 Å². The third-order valence-electron chi connectivity index (χ3n) is 3.44. The summed E-state index contributed by atoms with van der Waals surface area (Å²) in [5, 5.41) is 8.69. The molecule has 0 heterocycles. The molecule has 2 N–H and O–H groups in total. The first kappa shape index (κ1) is 17.7. The Hall–Kier alpha value is -1.40. The summed E-state index contributed by atoms with van der Waals surface area (Å²) in [6.45, 7) is 6.07. The van der Waals surface area contributed by atoms with E-state index in [1.165, 1.54) is 0 Å². The van der Waals surface area contributed by atoms with Gasteiger partial charge in [-0.2, -0.15) is 0 Å². The van der Waals surface area contributed by atoms with E-state index in [4.69, 9.17) is 5.11 Å². The molecule has 0 aromatic heterocycles. The van der Waals surface area contributed by atoms with Gasteiger partial charge >= 0.3 is 5.97 Å². The zero-order valence-corrected chi connectivity index (χ0v) is 13.5. The van der Waals surface area contributed by atoms with Crippen molar-refractivity contribution in [3.8, 4) is 0 Å². The minimum Gasteiger partial charge on any atom is -0.481 e. The van der Waals surface area contributed by atoms with Gasteiger partial charge in [-0.15, -0.1) is 0 Å². The highest BCUT2D eigenvalue weighted by atomic mass is 32.2. The zero-order chi connectivity index (χ0) is 16.1. The maximum atomic E-state index is 12.1. The molecule has 118 valence electrons. The fraction of sp³-hybridized carbons (Fsp3) is 0.533. The van der Waals surface area contributed by atoms with Gasteiger partial charge in [-0.3, -0.25) is 4.79 Å². The fourth-order valence-corrected chi connectivity index (χ4v) is 2.93. The van der Waals surface area contributed by atoms with Crippen LogP contribution in [0.4, 0.5) is 0 Å². The number of hydrogen-bond donors (Lipinski definition) is 2. The van der Waals surface area contributed by atoms with Gasteiger partial charge < -0.3 is 5.11 Å². The van der Waals surface area contributed by atoms with E-state index in [2.05, 4.69) is 4.72 Å². The van der Waals surface area contributed by atoms with Crippen LogP contribution in [0.1, 0.15) is 38.7 Å². The maximum Gasteiger partial charge on any atom is 0.303 e. The van der Waals surface area contributed by atoms with Crippen LogP contribution in [-0.2, 0) is 14.8 Å². The van der Waals surface area contributed by atoms with Crippen molar-refractivity contribution >= 4 is 16.0 Å². The van der Waals surface area contributed by atoms with E-state index in [9.17, 15) is 13.2 Å². The van der Waals surface area contributed by atoms with Gasteiger partial charge in [0.25, 0.3) is 0 Å². The molecule has 6 heteroatoms. The number of benzene rings is 1. The SMILES string of the molecule is Cc1ccc(S(=O)(=O)NCCC(C)(C)CCC(=O)O)cc1. The van der Waals surface area contributed by atoms with E-state index >= 15 is 0 Å². The molecule has 0 saturated heterocycles. The minimum absolute atomic E-state index is 0.0950. The van der Waals surface area contributed by atoms with Crippen molar-refractivity contribution in [1.82, 2.24) is 4.72 Å². The number of nitrogens with one attached hydrogen (secondary N) is 1. The van der Waals surface area contributed by atoms with Gasteiger partial charge in [0, 0.05) is 13.0 Å². The number of aryl methyl sites for hydroxylation is 1. The second-order valence-electron chi connectivity index (χ2n) is 6.02. The summed E-state index contributed by atoms with van der Waals surface area (Å²) in [6.07, 6.45) is 1.21. The summed E-state index contributed by atoms with van der Waals surface area (Å²) in [5.41, 5.74) is 0.789. The standard InChI is InChI=1S/C15H23NO4S/c1-12-4-6-13(7-5-12)21(19,20)16-11-10-15(2,3)9-8-14(17)18/h4-7,16H,8-11H2,1-3H3,(H,17,18). The average Bonchev–Trinajstić information content (AvgIpc) is 2.36. The van der Waals surface area contributed by atoms with Gasteiger partial charge in [0.1, 0.15) is 0 Å². The Balaban J connectivity index is 2.54. The van der Waals surface area contributed by atoms with Crippen molar-refractivity contribution in [1.29, 1.82) is 0 Å². The average molecular weight is 313 g/mol. The quantitative estimate of drug-likeness (QED) is 0.772. The van der Waals surface area contributed by atoms with Gasteiger partial charge in [-0.1, -0.05) is 31.5 Å². The second kappa shape index (κ2) is 7.04. The molecule has 1 aromatic rings. The zero-order valence-electron chi connectivity index (χ0n) is 12.7. The number of hydrogen-bond acceptors (Lipinski definition) is 3. The molecular weight excluding hydrogens is 290 g/mol. The van der Waals surface area contributed by atoms with E-state index in [1.807, 2.05) is 20.8 Å². The molecule has 1 rings (SSSR count). The van der Waals surface area contributed by atoms with Crippen LogP contribution in [0.3, 0.4) is 0 Å². The van der Waals surface area contributed by atoms with E-state index < -0.39 is 16.0 Å². The molecule has 0 atom stereocenters. The summed E-state index contributed by atoms with van der Waals surface area (Å²) in [5.74, 6) is -0.830. The first-order valence-corrected chi connectivity index (χ1v) is 8.39. The summed E-state index contributed by atoms with van der Waals surface area (Å²) < 4.78 is 26.7. The Morgan fingerprint density at radius 2 is 1.76 bits per heavy atom. The third kappa shape index (κ3) is 6.27. The molecule has 0 unspecified atom stereocenters. The minimum atomic E-state index is -3.50. The second-order valence-corrected chi connectivity index (χ2v) is 7.79. The lowest BCUT2D eigenvalue weighted by Gasteiger charge is -2.23. The molecule has 0 fully saturated rings. The predicted octanol–water partition coefficient (Wildman–Crippen LogP) is 2.55. The predicted molar refractivity (Wildman–Crippen MR) is 81.6 cm³/mol. The van der Waals surface area contributed by atoms with Crippen LogP contribution in [0.5, 0.6) is 0 Å². The van der Waals surface area contributed by atoms with Gasteiger partial charge in [0.05, 0.1) is 4.90 Å². The van der Waals surface area contributed by atoms with E-state index in [0.29, 0.717) is 19.4 Å². The number of carboxylic acids is 1. The van der Waals surface area contributed by atoms with E-state index in [1.54, 1.807) is 24.3 Å². The fourth-order valence-electron chi connectivity index (χ4n) is 1.89. The van der Waals surface area contributed by atoms with E-state index in [0.717, 1.165) is 5.56 Å². The maximum absolute atomic E-state index is 12.1. The first-order chi connectivity index (χ1) is 9.62. The van der Waals surface area contributed by atoms with Crippen LogP contribution in [0.25, 0.3) is 0 Å². The molecule has 0 saturated carbocycles. The molecule has 0 aliphatic heterocycles. The summed E-state index contributed by atoms with van der Waals surface area (Å²) in [6, 6.07) is 6.66. The molecule has 0 radical (unpaired) electrons. The van der Waals surface area contributed by atoms with Crippen LogP contribution in [-0.4, -0.2) is 26.0 Å². The van der Waals surface area contributed by atoms with Crippen molar-refractivity contribution in [3.05, 3.63) is 29.8 Å². The highest BCUT2D eigenvalue weighted by molar-refractivity contribution is 7.89. The summed E-state index contributed by atoms with van der Waals surface area (Å²) in [7, 11) is -3.50. The highest BCUT2D eigenvalue weighted by Crippen LogP contribution is 2.26. The Labute approximate surface area is 126 Å². The Morgan fingerprint density at radius 1 is 1.19 bits per heavy atom. The number of rotatable bonds is 8. The van der Waals surface area contributed by atoms with Crippen molar-refractivity contribution in [2.45, 2.75) is 44.9 Å². The van der Waals surface area contributed by atoms with Crippen LogP contribution in [0, 0.1) is 12.3 Å². The lowest BCUT2D eigenvalue weighted by Crippen LogP contribution is -2.28. The molecule has 5 nitrogen and oxygen atoms in total.